The lowest BCUT2D eigenvalue weighted by Crippen LogP contribution is -1.93. The first kappa shape index (κ1) is 5.96. The van der Waals surface area contributed by atoms with Crippen LogP contribution in [-0.4, -0.2) is 9.78 Å². The standard InChI is InChI=1S/C8H12N2/c1-6-3-4-10-8(6)5-7(2)9-10/h5-6H,3-4H2,1-2H3. The van der Waals surface area contributed by atoms with Gasteiger partial charge in [-0.05, 0) is 25.3 Å². The largest absolute Gasteiger partial charge is 0.269 e. The van der Waals surface area contributed by atoms with Gasteiger partial charge < -0.3 is 0 Å². The zero-order chi connectivity index (χ0) is 7.14. The van der Waals surface area contributed by atoms with E-state index in [-0.39, 0.29) is 0 Å². The van der Waals surface area contributed by atoms with Gasteiger partial charge in [0.05, 0.1) is 5.69 Å². The Kier molecular flexibility index (Phi) is 1.10. The van der Waals surface area contributed by atoms with Crippen molar-refractivity contribution in [2.75, 3.05) is 0 Å². The van der Waals surface area contributed by atoms with Crippen LogP contribution in [0.1, 0.15) is 30.7 Å². The summed E-state index contributed by atoms with van der Waals surface area (Å²) in [6, 6.07) is 2.19. The van der Waals surface area contributed by atoms with Crippen molar-refractivity contribution in [2.24, 2.45) is 0 Å². The first-order valence-corrected chi connectivity index (χ1v) is 3.82. The molecule has 0 amide bonds. The van der Waals surface area contributed by atoms with E-state index in [2.05, 4.69) is 29.7 Å². The summed E-state index contributed by atoms with van der Waals surface area (Å²) in [5.41, 5.74) is 2.57. The highest BCUT2D eigenvalue weighted by atomic mass is 15.3. The minimum atomic E-state index is 0.723. The molecule has 1 atom stereocenters. The zero-order valence-electron chi connectivity index (χ0n) is 6.46. The third-order valence-electron chi connectivity index (χ3n) is 2.21. The summed E-state index contributed by atoms with van der Waals surface area (Å²) in [7, 11) is 0. The number of aromatic nitrogens is 2. The predicted octanol–water partition coefficient (Wildman–Crippen LogP) is 1.70. The average molecular weight is 136 g/mol. The molecule has 0 N–H and O–H groups in total. The number of fused-ring (bicyclic) bond motifs is 1. The SMILES string of the molecule is Cc1cc2n(n1)CCC2C. The quantitative estimate of drug-likeness (QED) is 0.530. The molecule has 2 rings (SSSR count). The van der Waals surface area contributed by atoms with Crippen LogP contribution >= 0.6 is 0 Å². The molecule has 0 spiro atoms. The van der Waals surface area contributed by atoms with Crippen molar-refractivity contribution in [3.63, 3.8) is 0 Å². The fraction of sp³-hybridized carbons (Fsp3) is 0.625. The van der Waals surface area contributed by atoms with Gasteiger partial charge in [-0.25, -0.2) is 0 Å². The minimum absolute atomic E-state index is 0.723. The van der Waals surface area contributed by atoms with Crippen molar-refractivity contribution < 1.29 is 0 Å². The summed E-state index contributed by atoms with van der Waals surface area (Å²) in [5, 5.41) is 4.36. The lowest BCUT2D eigenvalue weighted by atomic mass is 10.1. The number of rotatable bonds is 0. The summed E-state index contributed by atoms with van der Waals surface area (Å²) in [5.74, 6) is 0.723. The molecular formula is C8H12N2. The van der Waals surface area contributed by atoms with Crippen LogP contribution in [0.3, 0.4) is 0 Å². The first-order valence-electron chi connectivity index (χ1n) is 3.82. The second-order valence-electron chi connectivity index (χ2n) is 3.12. The van der Waals surface area contributed by atoms with Crippen LogP contribution in [0.4, 0.5) is 0 Å². The molecule has 1 aromatic heterocycles. The van der Waals surface area contributed by atoms with Crippen molar-refractivity contribution in [3.05, 3.63) is 17.5 Å². The van der Waals surface area contributed by atoms with E-state index in [4.69, 9.17) is 0 Å². The summed E-state index contributed by atoms with van der Waals surface area (Å²) in [6.07, 6.45) is 1.27. The number of hydrogen-bond acceptors (Lipinski definition) is 1. The molecule has 1 aliphatic heterocycles. The molecule has 10 heavy (non-hydrogen) atoms. The first-order chi connectivity index (χ1) is 4.77. The van der Waals surface area contributed by atoms with Crippen molar-refractivity contribution in [1.82, 2.24) is 9.78 Å². The molecule has 0 aliphatic carbocycles. The highest BCUT2D eigenvalue weighted by Gasteiger charge is 2.19. The summed E-state index contributed by atoms with van der Waals surface area (Å²) in [4.78, 5) is 0. The van der Waals surface area contributed by atoms with Gasteiger partial charge in [-0.2, -0.15) is 5.10 Å². The van der Waals surface area contributed by atoms with Crippen LogP contribution in [0.25, 0.3) is 0 Å². The average Bonchev–Trinajstić information content (AvgIpc) is 2.35. The normalized spacial score (nSPS) is 23.2. The Balaban J connectivity index is 2.49. The van der Waals surface area contributed by atoms with E-state index in [1.807, 2.05) is 0 Å². The minimum Gasteiger partial charge on any atom is -0.269 e. The highest BCUT2D eigenvalue weighted by molar-refractivity contribution is 5.15. The second kappa shape index (κ2) is 1.84. The van der Waals surface area contributed by atoms with Crippen molar-refractivity contribution >= 4 is 0 Å². The van der Waals surface area contributed by atoms with E-state index in [0.29, 0.717) is 0 Å². The lowest BCUT2D eigenvalue weighted by Gasteiger charge is -1.95. The Morgan fingerprint density at radius 2 is 2.50 bits per heavy atom. The van der Waals surface area contributed by atoms with Gasteiger partial charge in [-0.15, -0.1) is 0 Å². The van der Waals surface area contributed by atoms with Gasteiger partial charge in [0.25, 0.3) is 0 Å². The summed E-state index contributed by atoms with van der Waals surface area (Å²) in [6.45, 7) is 5.43. The molecule has 0 saturated carbocycles. The molecule has 0 aromatic carbocycles. The van der Waals surface area contributed by atoms with Gasteiger partial charge in [-0.1, -0.05) is 6.92 Å². The number of hydrogen-bond donors (Lipinski definition) is 0. The van der Waals surface area contributed by atoms with Crippen LogP contribution in [0.15, 0.2) is 6.07 Å². The maximum Gasteiger partial charge on any atom is 0.0596 e. The lowest BCUT2D eigenvalue weighted by molar-refractivity contribution is 0.638. The molecule has 0 bridgehead atoms. The molecular weight excluding hydrogens is 124 g/mol. The fourth-order valence-corrected chi connectivity index (χ4v) is 1.61. The number of nitrogens with zero attached hydrogens (tertiary/aromatic N) is 2. The van der Waals surface area contributed by atoms with Crippen LogP contribution in [0.2, 0.25) is 0 Å². The molecule has 2 heteroatoms. The molecule has 2 nitrogen and oxygen atoms in total. The van der Waals surface area contributed by atoms with Crippen LogP contribution in [0.5, 0.6) is 0 Å². The molecule has 1 unspecified atom stereocenters. The van der Waals surface area contributed by atoms with Crippen LogP contribution < -0.4 is 0 Å². The van der Waals surface area contributed by atoms with Gasteiger partial charge in [0, 0.05) is 12.2 Å². The Morgan fingerprint density at radius 1 is 1.70 bits per heavy atom. The highest BCUT2D eigenvalue weighted by Crippen LogP contribution is 2.26. The van der Waals surface area contributed by atoms with E-state index >= 15 is 0 Å². The topological polar surface area (TPSA) is 17.8 Å². The maximum atomic E-state index is 4.36. The van der Waals surface area contributed by atoms with Crippen LogP contribution in [-0.2, 0) is 6.54 Å². The molecule has 0 saturated heterocycles. The molecule has 54 valence electrons. The molecule has 1 aromatic rings. The van der Waals surface area contributed by atoms with Crippen LogP contribution in [0, 0.1) is 6.92 Å². The van der Waals surface area contributed by atoms with E-state index in [0.717, 1.165) is 18.2 Å². The van der Waals surface area contributed by atoms with E-state index in [1.54, 1.807) is 0 Å². The second-order valence-corrected chi connectivity index (χ2v) is 3.12. The molecule has 1 aliphatic rings. The van der Waals surface area contributed by atoms with Gasteiger partial charge in [-0.3, -0.25) is 4.68 Å². The van der Waals surface area contributed by atoms with E-state index in [9.17, 15) is 0 Å². The maximum absolute atomic E-state index is 4.36. The Bertz CT molecular complexity index is 250. The summed E-state index contributed by atoms with van der Waals surface area (Å²) < 4.78 is 2.12. The smallest absolute Gasteiger partial charge is 0.0596 e. The van der Waals surface area contributed by atoms with E-state index < -0.39 is 0 Å². The third kappa shape index (κ3) is 0.681. The molecule has 0 fully saturated rings. The summed E-state index contributed by atoms with van der Waals surface area (Å²) >= 11 is 0. The third-order valence-corrected chi connectivity index (χ3v) is 2.21. The molecule has 0 radical (unpaired) electrons. The van der Waals surface area contributed by atoms with Crippen molar-refractivity contribution in [2.45, 2.75) is 32.7 Å². The Morgan fingerprint density at radius 3 is 3.20 bits per heavy atom. The van der Waals surface area contributed by atoms with Gasteiger partial charge >= 0.3 is 0 Å². The van der Waals surface area contributed by atoms with Gasteiger partial charge in [0.15, 0.2) is 0 Å². The predicted molar refractivity (Wildman–Crippen MR) is 40.0 cm³/mol. The van der Waals surface area contributed by atoms with Gasteiger partial charge in [0.1, 0.15) is 0 Å². The number of aryl methyl sites for hydroxylation is 2. The van der Waals surface area contributed by atoms with E-state index in [1.165, 1.54) is 12.1 Å². The Hall–Kier alpha value is -0.790. The fourth-order valence-electron chi connectivity index (χ4n) is 1.61. The Labute approximate surface area is 60.9 Å². The molecule has 2 heterocycles. The zero-order valence-corrected chi connectivity index (χ0v) is 6.46. The van der Waals surface area contributed by atoms with Crippen molar-refractivity contribution in [1.29, 1.82) is 0 Å². The van der Waals surface area contributed by atoms with Gasteiger partial charge in [0.2, 0.25) is 0 Å². The monoisotopic (exact) mass is 136 g/mol. The van der Waals surface area contributed by atoms with Crippen molar-refractivity contribution in [3.8, 4) is 0 Å².